The van der Waals surface area contributed by atoms with Crippen molar-refractivity contribution in [1.82, 2.24) is 4.98 Å². The smallest absolute Gasteiger partial charge is 0.364 e. The molecule has 2 nitrogen and oxygen atoms in total. The maximum Gasteiger partial charge on any atom is 0.417 e. The van der Waals surface area contributed by atoms with Crippen LogP contribution in [0.25, 0.3) is 0 Å². The van der Waals surface area contributed by atoms with E-state index in [0.29, 0.717) is 5.82 Å². The number of rotatable bonds is 3. The summed E-state index contributed by atoms with van der Waals surface area (Å²) >= 11 is 3.35. The summed E-state index contributed by atoms with van der Waals surface area (Å²) in [5, 5.41) is 3.06. The summed E-state index contributed by atoms with van der Waals surface area (Å²) in [7, 11) is 0. The van der Waals surface area contributed by atoms with Gasteiger partial charge in [-0.3, -0.25) is 0 Å². The predicted octanol–water partition coefficient (Wildman–Crippen LogP) is 5.04. The number of hydrogen-bond donors (Lipinski definition) is 1. The molecule has 6 heteroatoms. The molecule has 1 N–H and O–H groups in total. The Labute approximate surface area is 123 Å². The zero-order valence-corrected chi connectivity index (χ0v) is 12.2. The number of anilines is 1. The van der Waals surface area contributed by atoms with Gasteiger partial charge in [0.15, 0.2) is 0 Å². The van der Waals surface area contributed by atoms with Crippen molar-refractivity contribution in [3.63, 3.8) is 0 Å². The standard InChI is InChI=1S/C14H12BrF3N2/c1-9(10-2-5-12(15)6-3-10)20-13-7-4-11(8-19-13)14(16,17)18/h2-9H,1H3,(H,19,20). The maximum absolute atomic E-state index is 12.4. The molecule has 1 atom stereocenters. The third kappa shape index (κ3) is 3.72. The van der Waals surface area contributed by atoms with E-state index in [4.69, 9.17) is 0 Å². The number of alkyl halides is 3. The Hall–Kier alpha value is -1.56. The van der Waals surface area contributed by atoms with Crippen molar-refractivity contribution >= 4 is 21.7 Å². The summed E-state index contributed by atoms with van der Waals surface area (Å²) in [6.45, 7) is 1.92. The lowest BCUT2D eigenvalue weighted by Crippen LogP contribution is -2.09. The Bertz CT molecular complexity index is 564. The molecule has 0 amide bonds. The summed E-state index contributed by atoms with van der Waals surface area (Å²) in [5.41, 5.74) is 0.272. The van der Waals surface area contributed by atoms with Crippen LogP contribution in [0.15, 0.2) is 47.1 Å². The number of aromatic nitrogens is 1. The molecule has 2 rings (SSSR count). The normalized spacial score (nSPS) is 13.1. The largest absolute Gasteiger partial charge is 0.417 e. The van der Waals surface area contributed by atoms with Crippen LogP contribution in [0.3, 0.4) is 0 Å². The molecule has 0 saturated heterocycles. The first-order chi connectivity index (χ1) is 9.36. The Kier molecular flexibility index (Phi) is 4.32. The highest BCUT2D eigenvalue weighted by Gasteiger charge is 2.30. The topological polar surface area (TPSA) is 24.9 Å². The van der Waals surface area contributed by atoms with Crippen molar-refractivity contribution < 1.29 is 13.2 Å². The van der Waals surface area contributed by atoms with Crippen LogP contribution in [0.4, 0.5) is 19.0 Å². The minimum Gasteiger partial charge on any atom is -0.364 e. The summed E-state index contributed by atoms with van der Waals surface area (Å²) in [6, 6.07) is 9.99. The molecule has 0 spiro atoms. The molecule has 0 fully saturated rings. The van der Waals surface area contributed by atoms with Gasteiger partial charge in [-0.2, -0.15) is 13.2 Å². The van der Waals surface area contributed by atoms with Gasteiger partial charge in [0, 0.05) is 16.7 Å². The number of halogens is 4. The minimum atomic E-state index is -4.36. The number of benzene rings is 1. The first-order valence-corrected chi connectivity index (χ1v) is 6.71. The van der Waals surface area contributed by atoms with Crippen molar-refractivity contribution in [2.45, 2.75) is 19.1 Å². The fourth-order valence-electron chi connectivity index (χ4n) is 1.70. The van der Waals surface area contributed by atoms with E-state index in [1.807, 2.05) is 31.2 Å². The van der Waals surface area contributed by atoms with Crippen molar-refractivity contribution in [3.8, 4) is 0 Å². The molecule has 0 bridgehead atoms. The molecule has 0 saturated carbocycles. The Morgan fingerprint density at radius 2 is 1.75 bits per heavy atom. The average molecular weight is 345 g/mol. The summed E-state index contributed by atoms with van der Waals surface area (Å²) in [4.78, 5) is 3.79. The van der Waals surface area contributed by atoms with E-state index in [2.05, 4.69) is 26.2 Å². The highest BCUT2D eigenvalue weighted by molar-refractivity contribution is 9.10. The third-order valence-corrected chi connectivity index (χ3v) is 3.35. The maximum atomic E-state index is 12.4. The molecule has 0 aliphatic carbocycles. The second kappa shape index (κ2) is 5.83. The lowest BCUT2D eigenvalue weighted by molar-refractivity contribution is -0.137. The molecule has 20 heavy (non-hydrogen) atoms. The van der Waals surface area contributed by atoms with Crippen LogP contribution < -0.4 is 5.32 Å². The van der Waals surface area contributed by atoms with Crippen LogP contribution in [0, 0.1) is 0 Å². The third-order valence-electron chi connectivity index (χ3n) is 2.83. The molecule has 0 radical (unpaired) electrons. The van der Waals surface area contributed by atoms with Gasteiger partial charge in [0.1, 0.15) is 5.82 Å². The number of hydrogen-bond acceptors (Lipinski definition) is 2. The van der Waals surface area contributed by atoms with Crippen molar-refractivity contribution in [2.24, 2.45) is 0 Å². The molecule has 2 aromatic rings. The number of nitrogens with zero attached hydrogens (tertiary/aromatic N) is 1. The Morgan fingerprint density at radius 1 is 1.10 bits per heavy atom. The molecule has 0 aliphatic heterocycles. The highest BCUT2D eigenvalue weighted by Crippen LogP contribution is 2.29. The molecule has 1 aromatic heterocycles. The van der Waals surface area contributed by atoms with Crippen LogP contribution in [-0.4, -0.2) is 4.98 Å². The van der Waals surface area contributed by atoms with Crippen LogP contribution >= 0.6 is 15.9 Å². The monoisotopic (exact) mass is 344 g/mol. The van der Waals surface area contributed by atoms with Crippen molar-refractivity contribution in [1.29, 1.82) is 0 Å². The summed E-state index contributed by atoms with van der Waals surface area (Å²) < 4.78 is 38.2. The summed E-state index contributed by atoms with van der Waals surface area (Å²) in [5.74, 6) is 0.411. The highest BCUT2D eigenvalue weighted by atomic mass is 79.9. The van der Waals surface area contributed by atoms with Crippen LogP contribution in [-0.2, 0) is 6.18 Å². The van der Waals surface area contributed by atoms with Crippen LogP contribution in [0.5, 0.6) is 0 Å². The first-order valence-electron chi connectivity index (χ1n) is 5.91. The van der Waals surface area contributed by atoms with Gasteiger partial charge in [0.25, 0.3) is 0 Å². The fourth-order valence-corrected chi connectivity index (χ4v) is 1.97. The van der Waals surface area contributed by atoms with E-state index in [-0.39, 0.29) is 6.04 Å². The molecule has 1 heterocycles. The van der Waals surface area contributed by atoms with E-state index in [0.717, 1.165) is 22.3 Å². The van der Waals surface area contributed by atoms with Crippen LogP contribution in [0.1, 0.15) is 24.1 Å². The SMILES string of the molecule is CC(Nc1ccc(C(F)(F)F)cn1)c1ccc(Br)cc1. The van der Waals surface area contributed by atoms with Gasteiger partial charge < -0.3 is 5.32 Å². The molecule has 0 aliphatic rings. The molecular formula is C14H12BrF3N2. The van der Waals surface area contributed by atoms with E-state index in [1.165, 1.54) is 6.07 Å². The number of nitrogens with one attached hydrogen (secondary N) is 1. The molecule has 1 unspecified atom stereocenters. The first kappa shape index (κ1) is 14.8. The van der Waals surface area contributed by atoms with E-state index in [9.17, 15) is 13.2 Å². The molecule has 106 valence electrons. The number of pyridine rings is 1. The minimum absolute atomic E-state index is 0.0488. The average Bonchev–Trinajstić information content (AvgIpc) is 2.39. The van der Waals surface area contributed by atoms with Crippen LogP contribution in [0.2, 0.25) is 0 Å². The Morgan fingerprint density at radius 3 is 2.25 bits per heavy atom. The predicted molar refractivity (Wildman–Crippen MR) is 75.4 cm³/mol. The van der Waals surface area contributed by atoms with Gasteiger partial charge in [0.2, 0.25) is 0 Å². The second-order valence-electron chi connectivity index (χ2n) is 4.35. The van der Waals surface area contributed by atoms with E-state index in [1.54, 1.807) is 0 Å². The van der Waals surface area contributed by atoms with Gasteiger partial charge in [-0.1, -0.05) is 28.1 Å². The van der Waals surface area contributed by atoms with Gasteiger partial charge in [-0.05, 0) is 36.8 Å². The Balaban J connectivity index is 2.08. The van der Waals surface area contributed by atoms with Gasteiger partial charge in [-0.25, -0.2) is 4.98 Å². The van der Waals surface area contributed by atoms with E-state index < -0.39 is 11.7 Å². The van der Waals surface area contributed by atoms with Crippen molar-refractivity contribution in [2.75, 3.05) is 5.32 Å². The van der Waals surface area contributed by atoms with Crippen molar-refractivity contribution in [3.05, 3.63) is 58.2 Å². The molecular weight excluding hydrogens is 333 g/mol. The molecule has 1 aromatic carbocycles. The lowest BCUT2D eigenvalue weighted by Gasteiger charge is -2.15. The zero-order chi connectivity index (χ0) is 14.8. The van der Waals surface area contributed by atoms with Gasteiger partial charge in [0.05, 0.1) is 5.56 Å². The quantitative estimate of drug-likeness (QED) is 0.843. The van der Waals surface area contributed by atoms with Gasteiger partial charge >= 0.3 is 6.18 Å². The second-order valence-corrected chi connectivity index (χ2v) is 5.26. The van der Waals surface area contributed by atoms with E-state index >= 15 is 0 Å². The summed E-state index contributed by atoms with van der Waals surface area (Å²) in [6.07, 6.45) is -3.53. The lowest BCUT2D eigenvalue weighted by atomic mass is 10.1. The zero-order valence-electron chi connectivity index (χ0n) is 10.6. The van der Waals surface area contributed by atoms with Gasteiger partial charge in [-0.15, -0.1) is 0 Å². The fraction of sp³-hybridized carbons (Fsp3) is 0.214.